The number of H-pyrrole nitrogens is 1. The van der Waals surface area contributed by atoms with Gasteiger partial charge in [-0.25, -0.2) is 4.98 Å². The van der Waals surface area contributed by atoms with Gasteiger partial charge in [-0.05, 0) is 31.0 Å². The van der Waals surface area contributed by atoms with Crippen LogP contribution in [0.1, 0.15) is 82.2 Å². The Labute approximate surface area is 150 Å². The van der Waals surface area contributed by atoms with E-state index in [0.717, 1.165) is 11.2 Å². The van der Waals surface area contributed by atoms with Gasteiger partial charge in [0, 0.05) is 34.8 Å². The van der Waals surface area contributed by atoms with Crippen molar-refractivity contribution in [1.82, 2.24) is 15.0 Å². The van der Waals surface area contributed by atoms with Crippen LogP contribution < -0.4 is 0 Å². The van der Waals surface area contributed by atoms with E-state index >= 15 is 0 Å². The van der Waals surface area contributed by atoms with Crippen molar-refractivity contribution in [2.24, 2.45) is 0 Å². The zero-order valence-electron chi connectivity index (χ0n) is 15.1. The van der Waals surface area contributed by atoms with Crippen LogP contribution in [0.2, 0.25) is 0 Å². The lowest BCUT2D eigenvalue weighted by molar-refractivity contribution is 0.462. The smallest absolute Gasteiger partial charge is 0.138 e. The molecule has 0 atom stereocenters. The van der Waals surface area contributed by atoms with Gasteiger partial charge in [-0.15, -0.1) is 0 Å². The second kappa shape index (κ2) is 7.99. The van der Waals surface area contributed by atoms with Gasteiger partial charge in [0.15, 0.2) is 0 Å². The number of hydrogen-bond acceptors (Lipinski definition) is 2. The number of aromatic amines is 1. The van der Waals surface area contributed by atoms with Gasteiger partial charge in [-0.3, -0.25) is 4.98 Å². The van der Waals surface area contributed by atoms with Gasteiger partial charge in [-0.1, -0.05) is 57.8 Å². The summed E-state index contributed by atoms with van der Waals surface area (Å²) in [6.07, 6.45) is 18.9. The standard InChI is InChI=1S/C22H29N3/c1-2-4-6-8-10-17(11-9-7-5-3-1)20-13-12-18-19-16-23-15-14-21(19)25-22(18)24-20/h12-17H,1-11H2,(H,24,25). The minimum atomic E-state index is 0.619. The molecule has 0 aromatic carbocycles. The predicted octanol–water partition coefficient (Wildman–Crippen LogP) is 6.50. The predicted molar refractivity (Wildman–Crippen MR) is 105 cm³/mol. The normalized spacial score (nSPS) is 18.9. The van der Waals surface area contributed by atoms with Gasteiger partial charge in [0.25, 0.3) is 0 Å². The van der Waals surface area contributed by atoms with Gasteiger partial charge >= 0.3 is 0 Å². The molecule has 3 heteroatoms. The molecule has 0 unspecified atom stereocenters. The van der Waals surface area contributed by atoms with Crippen molar-refractivity contribution in [3.05, 3.63) is 36.3 Å². The van der Waals surface area contributed by atoms with E-state index in [1.807, 2.05) is 18.5 Å². The lowest BCUT2D eigenvalue weighted by atomic mass is 9.90. The molecule has 3 nitrogen and oxygen atoms in total. The number of fused-ring (bicyclic) bond motifs is 3. The summed E-state index contributed by atoms with van der Waals surface area (Å²) in [6.45, 7) is 0. The van der Waals surface area contributed by atoms with Crippen LogP contribution in [0.15, 0.2) is 30.6 Å². The number of hydrogen-bond donors (Lipinski definition) is 1. The fourth-order valence-electron chi connectivity index (χ4n) is 4.32. The minimum Gasteiger partial charge on any atom is -0.339 e. The summed E-state index contributed by atoms with van der Waals surface area (Å²) in [5.41, 5.74) is 3.43. The molecule has 4 rings (SSSR count). The van der Waals surface area contributed by atoms with Gasteiger partial charge in [-0.2, -0.15) is 0 Å². The van der Waals surface area contributed by atoms with E-state index in [1.54, 1.807) is 0 Å². The zero-order valence-corrected chi connectivity index (χ0v) is 15.1. The highest BCUT2D eigenvalue weighted by Crippen LogP contribution is 2.31. The molecule has 1 aliphatic rings. The molecule has 1 saturated carbocycles. The highest BCUT2D eigenvalue weighted by atomic mass is 14.9. The van der Waals surface area contributed by atoms with Crippen LogP contribution in [0, 0.1) is 0 Å². The Balaban J connectivity index is 1.57. The van der Waals surface area contributed by atoms with Crippen LogP contribution in [-0.2, 0) is 0 Å². The van der Waals surface area contributed by atoms with E-state index in [1.165, 1.54) is 87.1 Å². The van der Waals surface area contributed by atoms with Crippen molar-refractivity contribution in [1.29, 1.82) is 0 Å². The Morgan fingerprint density at radius 1 is 0.760 bits per heavy atom. The molecule has 1 fully saturated rings. The van der Waals surface area contributed by atoms with E-state index < -0.39 is 0 Å². The number of nitrogens with one attached hydrogen (secondary N) is 1. The van der Waals surface area contributed by atoms with Crippen molar-refractivity contribution < 1.29 is 0 Å². The fraction of sp³-hybridized carbons (Fsp3) is 0.545. The largest absolute Gasteiger partial charge is 0.339 e. The lowest BCUT2D eigenvalue weighted by Crippen LogP contribution is -2.03. The van der Waals surface area contributed by atoms with Gasteiger partial charge in [0.05, 0.1) is 5.52 Å². The molecule has 25 heavy (non-hydrogen) atoms. The van der Waals surface area contributed by atoms with E-state index in [9.17, 15) is 0 Å². The number of nitrogens with zero attached hydrogens (tertiary/aromatic N) is 2. The van der Waals surface area contributed by atoms with E-state index in [-0.39, 0.29) is 0 Å². The van der Waals surface area contributed by atoms with Crippen LogP contribution in [-0.4, -0.2) is 15.0 Å². The van der Waals surface area contributed by atoms with Crippen molar-refractivity contribution in [3.63, 3.8) is 0 Å². The van der Waals surface area contributed by atoms with Crippen molar-refractivity contribution in [2.75, 3.05) is 0 Å². The summed E-state index contributed by atoms with van der Waals surface area (Å²) >= 11 is 0. The molecular weight excluding hydrogens is 306 g/mol. The maximum absolute atomic E-state index is 5.02. The molecule has 132 valence electrons. The van der Waals surface area contributed by atoms with Crippen molar-refractivity contribution >= 4 is 21.9 Å². The molecule has 3 aromatic heterocycles. The molecule has 1 N–H and O–H groups in total. The average Bonchev–Trinajstić information content (AvgIpc) is 3.00. The first kappa shape index (κ1) is 16.6. The highest BCUT2D eigenvalue weighted by molar-refractivity contribution is 6.05. The second-order valence-electron chi connectivity index (χ2n) is 7.63. The first-order valence-electron chi connectivity index (χ1n) is 10.1. The molecule has 0 spiro atoms. The summed E-state index contributed by atoms with van der Waals surface area (Å²) in [4.78, 5) is 12.8. The Bertz CT molecular complexity index is 808. The van der Waals surface area contributed by atoms with Crippen molar-refractivity contribution in [2.45, 2.75) is 76.5 Å². The quantitative estimate of drug-likeness (QED) is 0.551. The fourth-order valence-corrected chi connectivity index (χ4v) is 4.32. The third kappa shape index (κ3) is 3.86. The molecule has 0 aliphatic heterocycles. The van der Waals surface area contributed by atoms with E-state index in [2.05, 4.69) is 22.1 Å². The molecule has 0 saturated heterocycles. The zero-order chi connectivity index (χ0) is 16.9. The Kier molecular flexibility index (Phi) is 5.29. The Hall–Kier alpha value is -1.90. The summed E-state index contributed by atoms with van der Waals surface area (Å²) in [5, 5.41) is 2.37. The van der Waals surface area contributed by atoms with Gasteiger partial charge in [0.2, 0.25) is 0 Å². The molecular formula is C22H29N3. The third-order valence-electron chi connectivity index (χ3n) is 5.80. The minimum absolute atomic E-state index is 0.619. The molecule has 3 aromatic rings. The summed E-state index contributed by atoms with van der Waals surface area (Å²) in [6, 6.07) is 6.54. The topological polar surface area (TPSA) is 41.6 Å². The van der Waals surface area contributed by atoms with Gasteiger partial charge < -0.3 is 4.98 Å². The van der Waals surface area contributed by atoms with Crippen LogP contribution >= 0.6 is 0 Å². The Morgan fingerprint density at radius 2 is 1.44 bits per heavy atom. The maximum Gasteiger partial charge on any atom is 0.138 e. The highest BCUT2D eigenvalue weighted by Gasteiger charge is 2.15. The summed E-state index contributed by atoms with van der Waals surface area (Å²) < 4.78 is 0. The Morgan fingerprint density at radius 3 is 2.16 bits per heavy atom. The van der Waals surface area contributed by atoms with E-state index in [4.69, 9.17) is 4.98 Å². The maximum atomic E-state index is 5.02. The average molecular weight is 335 g/mol. The summed E-state index contributed by atoms with van der Waals surface area (Å²) in [7, 11) is 0. The lowest BCUT2D eigenvalue weighted by Gasteiger charge is -2.17. The molecule has 0 radical (unpaired) electrons. The second-order valence-corrected chi connectivity index (χ2v) is 7.63. The van der Waals surface area contributed by atoms with Crippen LogP contribution in [0.5, 0.6) is 0 Å². The van der Waals surface area contributed by atoms with Gasteiger partial charge in [0.1, 0.15) is 5.65 Å². The summed E-state index contributed by atoms with van der Waals surface area (Å²) in [5.74, 6) is 0.619. The molecule has 0 bridgehead atoms. The number of rotatable bonds is 1. The van der Waals surface area contributed by atoms with Crippen LogP contribution in [0.4, 0.5) is 0 Å². The molecule has 0 amide bonds. The molecule has 1 aliphatic carbocycles. The van der Waals surface area contributed by atoms with E-state index in [0.29, 0.717) is 5.92 Å². The van der Waals surface area contributed by atoms with Crippen molar-refractivity contribution in [3.8, 4) is 0 Å². The third-order valence-corrected chi connectivity index (χ3v) is 5.80. The first-order valence-corrected chi connectivity index (χ1v) is 10.1. The number of pyridine rings is 2. The SMILES string of the molecule is c1cc2[nH]c3nc(C4CCCCCCCCCCC4)ccc3c2cn1. The molecule has 3 heterocycles. The first-order chi connectivity index (χ1) is 12.4. The number of aromatic nitrogens is 3. The monoisotopic (exact) mass is 335 g/mol. The van der Waals surface area contributed by atoms with Crippen LogP contribution in [0.25, 0.3) is 21.9 Å². The van der Waals surface area contributed by atoms with Crippen LogP contribution in [0.3, 0.4) is 0 Å².